The average Bonchev–Trinajstić information content (AvgIpc) is 2.95. The molecular formula is C34H59BrN4O5. The fraction of sp³-hybridized carbons (Fsp3) is 0.706. The molecule has 0 heterocycles. The summed E-state index contributed by atoms with van der Waals surface area (Å²) < 4.78 is 6.94. The van der Waals surface area contributed by atoms with E-state index in [9.17, 15) is 19.2 Å². The first-order valence-corrected chi connectivity index (χ1v) is 16.7. The van der Waals surface area contributed by atoms with Gasteiger partial charge < -0.3 is 26.0 Å². The highest BCUT2D eigenvalue weighted by Crippen LogP contribution is 2.30. The molecule has 0 fully saturated rings. The van der Waals surface area contributed by atoms with Gasteiger partial charge in [-0.3, -0.25) is 19.2 Å². The largest absolute Gasteiger partial charge is 0.380 e. The van der Waals surface area contributed by atoms with Crippen molar-refractivity contribution < 1.29 is 23.9 Å². The SMILES string of the molecule is CCC(=O)Nc1c(C)cc(C)c(Br)c1C.CCCCCC(=O)NCC(=O)NCC(C)(C)COCC(C)(C)CNC(=O)CCC. The molecular weight excluding hydrogens is 624 g/mol. The average molecular weight is 684 g/mol. The summed E-state index contributed by atoms with van der Waals surface area (Å²) >= 11 is 3.52. The first-order valence-electron chi connectivity index (χ1n) is 15.9. The summed E-state index contributed by atoms with van der Waals surface area (Å²) in [6.45, 7) is 22.2. The van der Waals surface area contributed by atoms with Crippen LogP contribution in [0.15, 0.2) is 10.5 Å². The number of aryl methyl sites for hydroxylation is 2. The standard InChI is InChI=1S/C22H43N3O4.C12H16BrNO/c1-7-9-10-12-19(27)23-13-20(28)25-15-22(5,6)17-29-16-21(3,4)14-24-18(26)11-8-2;1-5-10(15)14-12-8(3)6-7(2)11(13)9(12)4/h7-17H2,1-6H3,(H,23,27)(H,24,26)(H,25,28);6H,5H2,1-4H3,(H,14,15). The minimum absolute atomic E-state index is 0.00633. The molecule has 252 valence electrons. The maximum absolute atomic E-state index is 12.0. The molecule has 4 N–H and O–H groups in total. The highest BCUT2D eigenvalue weighted by molar-refractivity contribution is 9.10. The highest BCUT2D eigenvalue weighted by atomic mass is 79.9. The van der Waals surface area contributed by atoms with Gasteiger partial charge in [0, 0.05) is 53.3 Å². The van der Waals surface area contributed by atoms with E-state index < -0.39 is 0 Å². The molecule has 0 unspecified atom stereocenters. The summed E-state index contributed by atoms with van der Waals surface area (Å²) in [5, 5.41) is 11.4. The fourth-order valence-corrected chi connectivity index (χ4v) is 4.46. The molecule has 1 aromatic carbocycles. The molecule has 0 spiro atoms. The summed E-state index contributed by atoms with van der Waals surface area (Å²) in [5.41, 5.74) is 3.93. The van der Waals surface area contributed by atoms with Gasteiger partial charge in [0.25, 0.3) is 0 Å². The lowest BCUT2D eigenvalue weighted by atomic mass is 9.93. The maximum atomic E-state index is 12.0. The van der Waals surface area contributed by atoms with Gasteiger partial charge in [-0.05, 0) is 50.3 Å². The van der Waals surface area contributed by atoms with Gasteiger partial charge in [0.1, 0.15) is 0 Å². The molecule has 0 aliphatic carbocycles. The smallest absolute Gasteiger partial charge is 0.239 e. The second kappa shape index (κ2) is 21.3. The zero-order valence-corrected chi connectivity index (χ0v) is 30.6. The minimum Gasteiger partial charge on any atom is -0.380 e. The molecule has 9 nitrogen and oxygen atoms in total. The molecule has 44 heavy (non-hydrogen) atoms. The van der Waals surface area contributed by atoms with Crippen LogP contribution in [0.3, 0.4) is 0 Å². The highest BCUT2D eigenvalue weighted by Gasteiger charge is 2.24. The first kappa shape index (κ1) is 41.5. The lowest BCUT2D eigenvalue weighted by Crippen LogP contribution is -2.42. The number of hydrogen-bond donors (Lipinski definition) is 4. The van der Waals surface area contributed by atoms with Crippen molar-refractivity contribution in [1.82, 2.24) is 16.0 Å². The van der Waals surface area contributed by atoms with Crippen LogP contribution in [0.1, 0.15) is 110 Å². The molecule has 0 bridgehead atoms. The number of amides is 4. The van der Waals surface area contributed by atoms with E-state index in [1.807, 2.05) is 41.5 Å². The van der Waals surface area contributed by atoms with Crippen molar-refractivity contribution in [2.45, 2.75) is 114 Å². The van der Waals surface area contributed by atoms with E-state index >= 15 is 0 Å². The fourth-order valence-electron chi connectivity index (χ4n) is 4.14. The molecule has 1 aromatic rings. The Morgan fingerprint density at radius 1 is 0.727 bits per heavy atom. The molecule has 0 saturated carbocycles. The molecule has 0 aliphatic rings. The number of anilines is 1. The molecule has 4 amide bonds. The lowest BCUT2D eigenvalue weighted by Gasteiger charge is -2.29. The van der Waals surface area contributed by atoms with E-state index in [1.165, 1.54) is 5.56 Å². The maximum Gasteiger partial charge on any atom is 0.239 e. The number of carbonyl (C=O) groups excluding carboxylic acids is 4. The van der Waals surface area contributed by atoms with E-state index in [-0.39, 0.29) is 41.0 Å². The lowest BCUT2D eigenvalue weighted by molar-refractivity contribution is -0.126. The van der Waals surface area contributed by atoms with Crippen LogP contribution in [0.2, 0.25) is 0 Å². The Kier molecular flexibility index (Phi) is 20.1. The quantitative estimate of drug-likeness (QED) is 0.131. The second-order valence-corrected chi connectivity index (χ2v) is 13.9. The molecule has 1 rings (SSSR count). The first-order chi connectivity index (χ1) is 20.5. The molecule has 0 aromatic heterocycles. The summed E-state index contributed by atoms with van der Waals surface area (Å²) in [7, 11) is 0. The van der Waals surface area contributed by atoms with Gasteiger partial charge in [-0.2, -0.15) is 0 Å². The van der Waals surface area contributed by atoms with Crippen LogP contribution >= 0.6 is 15.9 Å². The molecule has 10 heteroatoms. The van der Waals surface area contributed by atoms with E-state index in [4.69, 9.17) is 4.74 Å². The zero-order valence-electron chi connectivity index (χ0n) is 29.0. The van der Waals surface area contributed by atoms with Crippen LogP contribution in [-0.2, 0) is 23.9 Å². The topological polar surface area (TPSA) is 126 Å². The number of carbonyl (C=O) groups is 4. The van der Waals surface area contributed by atoms with Crippen LogP contribution in [-0.4, -0.2) is 56.5 Å². The van der Waals surface area contributed by atoms with Crippen LogP contribution < -0.4 is 21.3 Å². The minimum atomic E-state index is -0.234. The van der Waals surface area contributed by atoms with E-state index in [0.717, 1.165) is 47.0 Å². The van der Waals surface area contributed by atoms with Crippen LogP contribution in [0.25, 0.3) is 0 Å². The third-order valence-corrected chi connectivity index (χ3v) is 8.13. The number of rotatable bonds is 18. The number of halogens is 1. The molecule has 0 saturated heterocycles. The predicted molar refractivity (Wildman–Crippen MR) is 184 cm³/mol. The molecule has 0 radical (unpaired) electrons. The Labute approximate surface area is 274 Å². The van der Waals surface area contributed by atoms with Crippen molar-refractivity contribution in [3.63, 3.8) is 0 Å². The second-order valence-electron chi connectivity index (χ2n) is 13.1. The van der Waals surface area contributed by atoms with Crippen LogP contribution in [0, 0.1) is 31.6 Å². The van der Waals surface area contributed by atoms with Crippen molar-refractivity contribution in [2.75, 3.05) is 38.2 Å². The summed E-state index contributed by atoms with van der Waals surface area (Å²) in [6.07, 6.45) is 5.30. The predicted octanol–water partition coefficient (Wildman–Crippen LogP) is 6.51. The zero-order chi connectivity index (χ0) is 33.9. The van der Waals surface area contributed by atoms with Crippen molar-refractivity contribution in [3.05, 3.63) is 27.2 Å². The van der Waals surface area contributed by atoms with Gasteiger partial charge in [-0.1, -0.05) is 83.3 Å². The Morgan fingerprint density at radius 3 is 1.80 bits per heavy atom. The Morgan fingerprint density at radius 2 is 1.27 bits per heavy atom. The summed E-state index contributed by atoms with van der Waals surface area (Å²) in [6, 6.07) is 2.07. The van der Waals surface area contributed by atoms with Gasteiger partial charge in [-0.25, -0.2) is 0 Å². The number of hydrogen-bond acceptors (Lipinski definition) is 5. The van der Waals surface area contributed by atoms with Gasteiger partial charge >= 0.3 is 0 Å². The molecule has 0 atom stereocenters. The van der Waals surface area contributed by atoms with Gasteiger partial charge in [0.15, 0.2) is 0 Å². The third-order valence-electron chi connectivity index (χ3n) is 6.91. The van der Waals surface area contributed by atoms with Crippen molar-refractivity contribution in [3.8, 4) is 0 Å². The van der Waals surface area contributed by atoms with Crippen LogP contribution in [0.5, 0.6) is 0 Å². The number of unbranched alkanes of at least 4 members (excludes halogenated alkanes) is 2. The number of ether oxygens (including phenoxy) is 1. The normalized spacial score (nSPS) is 11.2. The van der Waals surface area contributed by atoms with Crippen LogP contribution in [0.4, 0.5) is 5.69 Å². The van der Waals surface area contributed by atoms with Crippen molar-refractivity contribution >= 4 is 45.2 Å². The van der Waals surface area contributed by atoms with Gasteiger partial charge in [0.2, 0.25) is 23.6 Å². The van der Waals surface area contributed by atoms with E-state index in [2.05, 4.69) is 71.0 Å². The monoisotopic (exact) mass is 682 g/mol. The Hall–Kier alpha value is -2.46. The van der Waals surface area contributed by atoms with Crippen molar-refractivity contribution in [1.29, 1.82) is 0 Å². The molecule has 0 aliphatic heterocycles. The Balaban J connectivity index is 0.00000103. The van der Waals surface area contributed by atoms with E-state index in [0.29, 0.717) is 45.6 Å². The Bertz CT molecular complexity index is 1070. The number of benzene rings is 1. The van der Waals surface area contributed by atoms with Crippen molar-refractivity contribution in [2.24, 2.45) is 10.8 Å². The number of nitrogens with one attached hydrogen (secondary N) is 4. The van der Waals surface area contributed by atoms with E-state index in [1.54, 1.807) is 0 Å². The summed E-state index contributed by atoms with van der Waals surface area (Å²) in [4.78, 5) is 46.6. The van der Waals surface area contributed by atoms with Gasteiger partial charge in [0.05, 0.1) is 19.8 Å². The summed E-state index contributed by atoms with van der Waals surface area (Å²) in [5.74, 6) is -0.150. The van der Waals surface area contributed by atoms with Gasteiger partial charge in [-0.15, -0.1) is 0 Å². The third kappa shape index (κ3) is 18.4.